The summed E-state index contributed by atoms with van der Waals surface area (Å²) in [4.78, 5) is 0. The van der Waals surface area contributed by atoms with Crippen LogP contribution in [0.2, 0.25) is 0 Å². The Kier molecular flexibility index (Phi) is 5.20. The fourth-order valence-electron chi connectivity index (χ4n) is 1.75. The van der Waals surface area contributed by atoms with Crippen LogP contribution in [0.15, 0.2) is 44.4 Å². The van der Waals surface area contributed by atoms with Gasteiger partial charge in [0.25, 0.3) is 0 Å². The van der Waals surface area contributed by atoms with Gasteiger partial charge in [-0.1, -0.05) is 22.0 Å². The van der Waals surface area contributed by atoms with Gasteiger partial charge in [0.2, 0.25) is 10.0 Å². The van der Waals surface area contributed by atoms with Crippen molar-refractivity contribution in [3.63, 3.8) is 0 Å². The number of thiophene rings is 1. The van der Waals surface area contributed by atoms with Crippen LogP contribution < -0.4 is 9.46 Å². The molecule has 7 heteroatoms. The second-order valence-corrected chi connectivity index (χ2v) is 7.89. The Labute approximate surface area is 131 Å². The topological polar surface area (TPSA) is 55.4 Å². The number of halogens is 1. The lowest BCUT2D eigenvalue weighted by atomic mass is 10.1. The molecular weight excluding hydrogens is 362 g/mol. The lowest BCUT2D eigenvalue weighted by Crippen LogP contribution is -2.25. The molecule has 20 heavy (non-hydrogen) atoms. The van der Waals surface area contributed by atoms with Crippen LogP contribution in [0.4, 0.5) is 0 Å². The molecule has 0 unspecified atom stereocenters. The Morgan fingerprint density at radius 3 is 2.80 bits per heavy atom. The van der Waals surface area contributed by atoms with E-state index in [0.717, 1.165) is 15.8 Å². The van der Waals surface area contributed by atoms with Gasteiger partial charge in [0.1, 0.15) is 9.96 Å². The fourth-order valence-corrected chi connectivity index (χ4v) is 4.23. The van der Waals surface area contributed by atoms with Crippen molar-refractivity contribution in [2.75, 3.05) is 13.7 Å². The largest absolute Gasteiger partial charge is 0.496 e. The summed E-state index contributed by atoms with van der Waals surface area (Å²) in [6.45, 7) is 0.326. The first kappa shape index (κ1) is 15.5. The van der Waals surface area contributed by atoms with E-state index in [4.69, 9.17) is 4.74 Å². The maximum atomic E-state index is 12.0. The van der Waals surface area contributed by atoms with E-state index in [2.05, 4.69) is 20.7 Å². The highest BCUT2D eigenvalue weighted by molar-refractivity contribution is 9.10. The molecule has 0 saturated carbocycles. The van der Waals surface area contributed by atoms with Crippen LogP contribution in [0, 0.1) is 0 Å². The van der Waals surface area contributed by atoms with Crippen molar-refractivity contribution in [1.29, 1.82) is 0 Å². The molecule has 0 bridgehead atoms. The Hall–Kier alpha value is -0.890. The van der Waals surface area contributed by atoms with Crippen LogP contribution in [0.3, 0.4) is 0 Å². The van der Waals surface area contributed by atoms with Crippen molar-refractivity contribution >= 4 is 37.3 Å². The van der Waals surface area contributed by atoms with E-state index in [9.17, 15) is 8.42 Å². The molecule has 0 fully saturated rings. The van der Waals surface area contributed by atoms with Crippen LogP contribution in [0.5, 0.6) is 5.75 Å². The van der Waals surface area contributed by atoms with Gasteiger partial charge in [0.15, 0.2) is 0 Å². The maximum absolute atomic E-state index is 12.0. The second kappa shape index (κ2) is 6.71. The number of hydrogen-bond donors (Lipinski definition) is 1. The van der Waals surface area contributed by atoms with Crippen molar-refractivity contribution < 1.29 is 13.2 Å². The molecule has 2 rings (SSSR count). The molecule has 1 aromatic carbocycles. The molecule has 0 aliphatic rings. The summed E-state index contributed by atoms with van der Waals surface area (Å²) in [5.74, 6) is 0.753. The number of nitrogens with one attached hydrogen (secondary N) is 1. The lowest BCUT2D eigenvalue weighted by Gasteiger charge is -2.09. The zero-order valence-corrected chi connectivity index (χ0v) is 14.0. The van der Waals surface area contributed by atoms with E-state index in [1.54, 1.807) is 24.6 Å². The molecule has 0 amide bonds. The first-order valence-corrected chi connectivity index (χ1v) is 9.04. The third-order valence-electron chi connectivity index (χ3n) is 2.69. The van der Waals surface area contributed by atoms with E-state index in [0.29, 0.717) is 17.2 Å². The Morgan fingerprint density at radius 2 is 2.15 bits per heavy atom. The van der Waals surface area contributed by atoms with Gasteiger partial charge in [-0.05, 0) is 41.6 Å². The predicted octanol–water partition coefficient (Wildman–Crippen LogP) is 3.04. The van der Waals surface area contributed by atoms with E-state index in [-0.39, 0.29) is 0 Å². The minimum atomic E-state index is -3.40. The molecule has 1 heterocycles. The van der Waals surface area contributed by atoms with Gasteiger partial charge in [-0.15, -0.1) is 11.3 Å². The quantitative estimate of drug-likeness (QED) is 0.843. The predicted molar refractivity (Wildman–Crippen MR) is 83.9 cm³/mol. The average Bonchev–Trinajstić information content (AvgIpc) is 2.93. The van der Waals surface area contributed by atoms with Crippen LogP contribution in [0.1, 0.15) is 5.56 Å². The Morgan fingerprint density at radius 1 is 1.35 bits per heavy atom. The van der Waals surface area contributed by atoms with Gasteiger partial charge in [0.05, 0.1) is 7.11 Å². The molecule has 4 nitrogen and oxygen atoms in total. The Bertz CT molecular complexity index is 669. The van der Waals surface area contributed by atoms with E-state index >= 15 is 0 Å². The van der Waals surface area contributed by atoms with Crippen molar-refractivity contribution in [2.24, 2.45) is 0 Å². The van der Waals surface area contributed by atoms with Crippen molar-refractivity contribution in [1.82, 2.24) is 4.72 Å². The summed E-state index contributed by atoms with van der Waals surface area (Å²) in [6, 6.07) is 8.98. The van der Waals surface area contributed by atoms with Crippen LogP contribution in [-0.2, 0) is 16.4 Å². The summed E-state index contributed by atoms with van der Waals surface area (Å²) in [5, 5.41) is 1.74. The fraction of sp³-hybridized carbons (Fsp3) is 0.231. The first-order chi connectivity index (χ1) is 9.53. The maximum Gasteiger partial charge on any atom is 0.250 e. The molecule has 0 aliphatic heterocycles. The molecule has 0 aliphatic carbocycles. The first-order valence-electron chi connectivity index (χ1n) is 5.88. The highest BCUT2D eigenvalue weighted by Gasteiger charge is 2.14. The van der Waals surface area contributed by atoms with E-state index in [1.807, 2.05) is 18.2 Å². The molecule has 0 atom stereocenters. The third-order valence-corrected chi connectivity index (χ3v) is 6.04. The highest BCUT2D eigenvalue weighted by atomic mass is 79.9. The Balaban J connectivity index is 2.02. The van der Waals surface area contributed by atoms with Gasteiger partial charge in [-0.2, -0.15) is 0 Å². The van der Waals surface area contributed by atoms with Crippen molar-refractivity contribution in [3.8, 4) is 5.75 Å². The molecule has 0 spiro atoms. The number of benzene rings is 1. The van der Waals surface area contributed by atoms with E-state index in [1.165, 1.54) is 11.3 Å². The summed E-state index contributed by atoms with van der Waals surface area (Å²) in [6.07, 6.45) is 0.563. The molecule has 0 saturated heterocycles. The summed E-state index contributed by atoms with van der Waals surface area (Å²) >= 11 is 4.60. The number of rotatable bonds is 6. The summed E-state index contributed by atoms with van der Waals surface area (Å²) in [7, 11) is -1.80. The normalized spacial score (nSPS) is 11.5. The minimum absolute atomic E-state index is 0.326. The molecule has 0 radical (unpaired) electrons. The molecule has 1 N–H and O–H groups in total. The van der Waals surface area contributed by atoms with Gasteiger partial charge in [-0.3, -0.25) is 0 Å². The second-order valence-electron chi connectivity index (χ2n) is 4.04. The molecule has 2 aromatic rings. The van der Waals surface area contributed by atoms with Gasteiger partial charge < -0.3 is 4.74 Å². The lowest BCUT2D eigenvalue weighted by molar-refractivity contribution is 0.409. The minimum Gasteiger partial charge on any atom is -0.496 e. The van der Waals surface area contributed by atoms with Crippen LogP contribution >= 0.6 is 27.3 Å². The van der Waals surface area contributed by atoms with Gasteiger partial charge in [-0.25, -0.2) is 13.1 Å². The number of sulfonamides is 1. The van der Waals surface area contributed by atoms with Gasteiger partial charge >= 0.3 is 0 Å². The molecule has 1 aromatic heterocycles. The number of methoxy groups -OCH3 is 1. The van der Waals surface area contributed by atoms with E-state index < -0.39 is 10.0 Å². The summed E-state index contributed by atoms with van der Waals surface area (Å²) in [5.41, 5.74) is 0.954. The van der Waals surface area contributed by atoms with Gasteiger partial charge in [0, 0.05) is 11.0 Å². The van der Waals surface area contributed by atoms with Crippen LogP contribution in [-0.4, -0.2) is 22.1 Å². The zero-order chi connectivity index (χ0) is 14.6. The SMILES string of the molecule is COc1ccc(Br)cc1CCNS(=O)(=O)c1cccs1. The van der Waals surface area contributed by atoms with Crippen molar-refractivity contribution in [3.05, 3.63) is 45.7 Å². The highest BCUT2D eigenvalue weighted by Crippen LogP contribution is 2.23. The molecular formula is C13H14BrNO3S2. The molecule has 108 valence electrons. The third kappa shape index (κ3) is 3.82. The summed E-state index contributed by atoms with van der Waals surface area (Å²) < 4.78 is 33.1. The number of ether oxygens (including phenoxy) is 1. The number of hydrogen-bond acceptors (Lipinski definition) is 4. The zero-order valence-electron chi connectivity index (χ0n) is 10.8. The van der Waals surface area contributed by atoms with Crippen molar-refractivity contribution in [2.45, 2.75) is 10.6 Å². The monoisotopic (exact) mass is 375 g/mol. The standard InChI is InChI=1S/C13H14BrNO3S2/c1-18-12-5-4-11(14)9-10(12)6-7-15-20(16,17)13-3-2-8-19-13/h2-5,8-9,15H,6-7H2,1H3. The smallest absolute Gasteiger partial charge is 0.250 e. The van der Waals surface area contributed by atoms with Crippen LogP contribution in [0.25, 0.3) is 0 Å². The average molecular weight is 376 g/mol.